The first-order valence-corrected chi connectivity index (χ1v) is 12.0. The smallest absolute Gasteiger partial charge is 0.321 e. The van der Waals surface area contributed by atoms with Crippen molar-refractivity contribution in [2.45, 2.75) is 57.5 Å². The second kappa shape index (κ2) is 12.4. The van der Waals surface area contributed by atoms with Gasteiger partial charge in [-0.25, -0.2) is 4.79 Å². The van der Waals surface area contributed by atoms with Crippen molar-refractivity contribution < 1.29 is 9.59 Å². The van der Waals surface area contributed by atoms with Crippen molar-refractivity contribution in [3.05, 3.63) is 29.8 Å². The molecule has 3 amide bonds. The van der Waals surface area contributed by atoms with E-state index in [1.54, 1.807) is 7.05 Å². The lowest BCUT2D eigenvalue weighted by Gasteiger charge is -2.21. The number of carbonyl (C=O) groups excluding carboxylic acids is 2. The number of aliphatic imine (C=N–C) groups is 1. The first kappa shape index (κ1) is 25.6. The number of hydrogen-bond acceptors (Lipinski definition) is 3. The zero-order chi connectivity index (χ0) is 22.3. The van der Waals surface area contributed by atoms with Crippen LogP contribution in [0.3, 0.4) is 0 Å². The van der Waals surface area contributed by atoms with Gasteiger partial charge in [0.15, 0.2) is 5.96 Å². The molecular formula is C24H37IN6O2. The maximum atomic E-state index is 12.7. The molecule has 1 aromatic carbocycles. The van der Waals surface area contributed by atoms with Crippen LogP contribution in [0.1, 0.15) is 50.5 Å². The highest BCUT2D eigenvalue weighted by Gasteiger charge is 2.32. The van der Waals surface area contributed by atoms with Crippen LogP contribution >= 0.6 is 24.0 Å². The molecule has 3 fully saturated rings. The van der Waals surface area contributed by atoms with Crippen LogP contribution in [0.4, 0.5) is 10.5 Å². The molecule has 1 saturated carbocycles. The van der Waals surface area contributed by atoms with Crippen molar-refractivity contribution in [3.63, 3.8) is 0 Å². The molecular weight excluding hydrogens is 531 g/mol. The number of benzene rings is 1. The third-order valence-electron chi connectivity index (χ3n) is 6.80. The number of rotatable bonds is 5. The lowest BCUT2D eigenvalue weighted by molar-refractivity contribution is -0.134. The van der Waals surface area contributed by atoms with Crippen LogP contribution in [0.5, 0.6) is 0 Å². The number of urea groups is 1. The van der Waals surface area contributed by atoms with Crippen molar-refractivity contribution in [2.75, 3.05) is 38.5 Å². The maximum absolute atomic E-state index is 12.7. The quantitative estimate of drug-likeness (QED) is 0.289. The number of nitrogens with zero attached hydrogens (tertiary/aromatic N) is 3. The highest BCUT2D eigenvalue weighted by atomic mass is 127. The summed E-state index contributed by atoms with van der Waals surface area (Å²) >= 11 is 0. The van der Waals surface area contributed by atoms with Crippen LogP contribution < -0.4 is 16.0 Å². The molecule has 1 atom stereocenters. The van der Waals surface area contributed by atoms with Crippen molar-refractivity contribution >= 4 is 47.6 Å². The van der Waals surface area contributed by atoms with Gasteiger partial charge in [0.2, 0.25) is 5.91 Å². The van der Waals surface area contributed by atoms with E-state index in [1.165, 1.54) is 12.8 Å². The zero-order valence-electron chi connectivity index (χ0n) is 19.5. The molecule has 3 N–H and O–H groups in total. The minimum atomic E-state index is -0.0250. The molecule has 182 valence electrons. The molecule has 1 aromatic rings. The van der Waals surface area contributed by atoms with E-state index in [-0.39, 0.29) is 42.0 Å². The summed E-state index contributed by atoms with van der Waals surface area (Å²) in [6.07, 6.45) is 7.57. The van der Waals surface area contributed by atoms with Crippen molar-refractivity contribution in [2.24, 2.45) is 10.9 Å². The highest BCUT2D eigenvalue weighted by molar-refractivity contribution is 14.0. The fourth-order valence-corrected chi connectivity index (χ4v) is 4.96. The second-order valence-electron chi connectivity index (χ2n) is 9.15. The summed E-state index contributed by atoms with van der Waals surface area (Å²) in [5.41, 5.74) is 1.87. The van der Waals surface area contributed by atoms with E-state index < -0.39 is 0 Å². The van der Waals surface area contributed by atoms with E-state index in [9.17, 15) is 9.59 Å². The molecule has 8 nitrogen and oxygen atoms in total. The van der Waals surface area contributed by atoms with E-state index >= 15 is 0 Å². The Morgan fingerprint density at radius 3 is 2.52 bits per heavy atom. The Kier molecular flexibility index (Phi) is 9.64. The molecule has 9 heteroatoms. The summed E-state index contributed by atoms with van der Waals surface area (Å²) in [5, 5.41) is 9.82. The first-order chi connectivity index (χ1) is 15.6. The Balaban J connectivity index is 0.00000306. The minimum absolute atomic E-state index is 0. The molecule has 1 aliphatic carbocycles. The monoisotopic (exact) mass is 568 g/mol. The highest BCUT2D eigenvalue weighted by Crippen LogP contribution is 2.27. The number of guanidine groups is 1. The lowest BCUT2D eigenvalue weighted by Crippen LogP contribution is -2.45. The van der Waals surface area contributed by atoms with Gasteiger partial charge >= 0.3 is 6.03 Å². The van der Waals surface area contributed by atoms with Gasteiger partial charge in [0, 0.05) is 57.4 Å². The van der Waals surface area contributed by atoms with E-state index in [0.717, 1.165) is 75.5 Å². The number of anilines is 1. The molecule has 2 aliphatic heterocycles. The number of amides is 3. The SMILES string of the molecule is CN=C(NCc1cccc(NC(=O)N2CCCC2)c1)NC1CCN(C(=O)C2CCCC2)C1.I. The zero-order valence-corrected chi connectivity index (χ0v) is 21.8. The maximum Gasteiger partial charge on any atom is 0.321 e. The lowest BCUT2D eigenvalue weighted by atomic mass is 10.1. The number of likely N-dealkylation sites (tertiary alicyclic amines) is 2. The molecule has 1 unspecified atom stereocenters. The average molecular weight is 569 g/mol. The van der Waals surface area contributed by atoms with Crippen LogP contribution in [-0.2, 0) is 11.3 Å². The fourth-order valence-electron chi connectivity index (χ4n) is 4.96. The predicted octanol–water partition coefficient (Wildman–Crippen LogP) is 3.39. The average Bonchev–Trinajstić information content (AvgIpc) is 3.58. The van der Waals surface area contributed by atoms with Gasteiger partial charge in [-0.05, 0) is 49.8 Å². The molecule has 0 spiro atoms. The van der Waals surface area contributed by atoms with Crippen LogP contribution in [-0.4, -0.2) is 67.0 Å². The van der Waals surface area contributed by atoms with Crippen molar-refractivity contribution in [3.8, 4) is 0 Å². The number of hydrogen-bond donors (Lipinski definition) is 3. The summed E-state index contributed by atoms with van der Waals surface area (Å²) in [5.74, 6) is 1.31. The third kappa shape index (κ3) is 6.97. The van der Waals surface area contributed by atoms with Crippen LogP contribution in [0.25, 0.3) is 0 Å². The molecule has 0 radical (unpaired) electrons. The Labute approximate surface area is 214 Å². The predicted molar refractivity (Wildman–Crippen MR) is 142 cm³/mol. The Morgan fingerprint density at radius 2 is 1.79 bits per heavy atom. The van der Waals surface area contributed by atoms with Gasteiger partial charge in [-0.1, -0.05) is 25.0 Å². The standard InChI is InChI=1S/C24H36N6O2.HI/c1-25-23(27-21-11-14-30(17-21)22(31)19-8-2-3-9-19)26-16-18-7-6-10-20(15-18)28-24(32)29-12-4-5-13-29;/h6-7,10,15,19,21H,2-5,8-9,11-14,16-17H2,1H3,(H,28,32)(H2,25,26,27);1H. The summed E-state index contributed by atoms with van der Waals surface area (Å²) in [7, 11) is 1.76. The first-order valence-electron chi connectivity index (χ1n) is 12.0. The number of halogens is 1. The third-order valence-corrected chi connectivity index (χ3v) is 6.80. The fraction of sp³-hybridized carbons (Fsp3) is 0.625. The van der Waals surface area contributed by atoms with Crippen molar-refractivity contribution in [1.82, 2.24) is 20.4 Å². The van der Waals surface area contributed by atoms with E-state index in [0.29, 0.717) is 12.5 Å². The Bertz CT molecular complexity index is 836. The van der Waals surface area contributed by atoms with Crippen molar-refractivity contribution in [1.29, 1.82) is 0 Å². The second-order valence-corrected chi connectivity index (χ2v) is 9.15. The van der Waals surface area contributed by atoms with Gasteiger partial charge in [0.05, 0.1) is 0 Å². The molecule has 0 bridgehead atoms. The summed E-state index contributed by atoms with van der Waals surface area (Å²) in [6.45, 7) is 3.83. The summed E-state index contributed by atoms with van der Waals surface area (Å²) in [4.78, 5) is 33.2. The van der Waals surface area contributed by atoms with E-state index in [2.05, 4.69) is 20.9 Å². The van der Waals surface area contributed by atoms with Crippen LogP contribution in [0.15, 0.2) is 29.3 Å². The molecule has 2 heterocycles. The number of nitrogens with one attached hydrogen (secondary N) is 3. The number of carbonyl (C=O) groups is 2. The van der Waals surface area contributed by atoms with Gasteiger partial charge in [-0.2, -0.15) is 0 Å². The summed E-state index contributed by atoms with van der Waals surface area (Å²) in [6, 6.07) is 8.09. The minimum Gasteiger partial charge on any atom is -0.352 e. The van der Waals surface area contributed by atoms with E-state index in [1.807, 2.05) is 34.1 Å². The normalized spacial score (nSPS) is 21.1. The van der Waals surface area contributed by atoms with Crippen LogP contribution in [0.2, 0.25) is 0 Å². The van der Waals surface area contributed by atoms with Gasteiger partial charge in [0.25, 0.3) is 0 Å². The summed E-state index contributed by atoms with van der Waals surface area (Å²) < 4.78 is 0. The molecule has 4 rings (SSSR count). The van der Waals surface area contributed by atoms with Crippen LogP contribution in [0, 0.1) is 5.92 Å². The van der Waals surface area contributed by atoms with Gasteiger partial charge in [-0.3, -0.25) is 9.79 Å². The molecule has 3 aliphatic rings. The van der Waals surface area contributed by atoms with Gasteiger partial charge in [0.1, 0.15) is 0 Å². The Morgan fingerprint density at radius 1 is 1.03 bits per heavy atom. The van der Waals surface area contributed by atoms with E-state index in [4.69, 9.17) is 0 Å². The molecule has 0 aromatic heterocycles. The van der Waals surface area contributed by atoms with Gasteiger partial charge < -0.3 is 25.8 Å². The topological polar surface area (TPSA) is 89.1 Å². The molecule has 33 heavy (non-hydrogen) atoms. The largest absolute Gasteiger partial charge is 0.352 e. The molecule has 2 saturated heterocycles. The Hall–Kier alpha value is -2.04. The van der Waals surface area contributed by atoms with Gasteiger partial charge in [-0.15, -0.1) is 24.0 Å².